The van der Waals surface area contributed by atoms with Crippen molar-refractivity contribution in [1.82, 2.24) is 19.9 Å². The third-order valence-electron chi connectivity index (χ3n) is 4.67. The number of carbonyl (C=O) groups is 1. The topological polar surface area (TPSA) is 59.8 Å². The highest BCUT2D eigenvalue weighted by Gasteiger charge is 2.14. The number of para-hydroxylation sites is 2. The van der Waals surface area contributed by atoms with Gasteiger partial charge in [-0.1, -0.05) is 41.4 Å². The zero-order valence-corrected chi connectivity index (χ0v) is 17.0. The van der Waals surface area contributed by atoms with Crippen LogP contribution in [0.3, 0.4) is 0 Å². The summed E-state index contributed by atoms with van der Waals surface area (Å²) in [5.74, 6) is 0.698. The number of fused-ring (bicyclic) bond motifs is 1. The summed E-state index contributed by atoms with van der Waals surface area (Å²) in [5.41, 5.74) is 3.27. The van der Waals surface area contributed by atoms with Gasteiger partial charge < -0.3 is 9.88 Å². The number of rotatable bonds is 6. The van der Waals surface area contributed by atoms with Gasteiger partial charge in [-0.05, 0) is 36.4 Å². The molecule has 0 aliphatic carbocycles. The summed E-state index contributed by atoms with van der Waals surface area (Å²) < 4.78 is 2.10. The van der Waals surface area contributed by atoms with E-state index in [1.54, 1.807) is 24.5 Å². The first kappa shape index (κ1) is 19.4. The van der Waals surface area contributed by atoms with Gasteiger partial charge in [-0.15, -0.1) is 0 Å². The maximum atomic E-state index is 12.3. The van der Waals surface area contributed by atoms with Gasteiger partial charge in [0.15, 0.2) is 0 Å². The molecule has 2 aromatic heterocycles. The molecule has 4 rings (SSSR count). The van der Waals surface area contributed by atoms with E-state index in [0.29, 0.717) is 35.1 Å². The molecule has 1 amide bonds. The molecule has 146 valence electrons. The van der Waals surface area contributed by atoms with E-state index in [1.165, 1.54) is 0 Å². The Morgan fingerprint density at radius 1 is 1.00 bits per heavy atom. The van der Waals surface area contributed by atoms with Crippen LogP contribution in [0, 0.1) is 0 Å². The minimum atomic E-state index is -0.157. The Bertz CT molecular complexity index is 1140. The molecule has 0 fully saturated rings. The van der Waals surface area contributed by atoms with E-state index in [0.717, 1.165) is 22.4 Å². The van der Waals surface area contributed by atoms with Gasteiger partial charge in [-0.2, -0.15) is 0 Å². The lowest BCUT2D eigenvalue weighted by Gasteiger charge is -2.12. The first-order chi connectivity index (χ1) is 14.1. The zero-order valence-electron chi connectivity index (χ0n) is 15.5. The van der Waals surface area contributed by atoms with Crippen molar-refractivity contribution in [2.75, 3.05) is 6.54 Å². The van der Waals surface area contributed by atoms with Crippen LogP contribution in [0.5, 0.6) is 0 Å². The SMILES string of the molecule is O=C(NCCc1nc2ccccc2n1Cc1c(Cl)cccc1Cl)c1cccnc1. The molecule has 0 saturated heterocycles. The Hall–Kier alpha value is -2.89. The van der Waals surface area contributed by atoms with Gasteiger partial charge in [0.25, 0.3) is 5.91 Å². The summed E-state index contributed by atoms with van der Waals surface area (Å²) in [6.07, 6.45) is 3.76. The summed E-state index contributed by atoms with van der Waals surface area (Å²) in [6.45, 7) is 0.957. The predicted molar refractivity (Wildman–Crippen MR) is 116 cm³/mol. The van der Waals surface area contributed by atoms with Crippen molar-refractivity contribution in [3.63, 3.8) is 0 Å². The lowest BCUT2D eigenvalue weighted by atomic mass is 10.2. The highest BCUT2D eigenvalue weighted by atomic mass is 35.5. The Labute approximate surface area is 178 Å². The van der Waals surface area contributed by atoms with Crippen molar-refractivity contribution in [3.8, 4) is 0 Å². The predicted octanol–water partition coefficient (Wildman–Crippen LogP) is 4.76. The van der Waals surface area contributed by atoms with Crippen LogP contribution in [0.2, 0.25) is 10.0 Å². The van der Waals surface area contributed by atoms with Crippen molar-refractivity contribution < 1.29 is 4.79 Å². The number of halogens is 2. The molecule has 0 saturated carbocycles. The second-order valence-electron chi connectivity index (χ2n) is 6.55. The Morgan fingerprint density at radius 2 is 1.79 bits per heavy atom. The molecule has 0 radical (unpaired) electrons. The summed E-state index contributed by atoms with van der Waals surface area (Å²) in [7, 11) is 0. The minimum absolute atomic E-state index is 0.157. The Kier molecular flexibility index (Phi) is 5.79. The number of amides is 1. The number of nitrogens with zero attached hydrogens (tertiary/aromatic N) is 3. The van der Waals surface area contributed by atoms with Crippen LogP contribution in [0.1, 0.15) is 21.7 Å². The second-order valence-corrected chi connectivity index (χ2v) is 7.37. The number of hydrogen-bond donors (Lipinski definition) is 1. The number of benzene rings is 2. The molecule has 0 bridgehead atoms. The zero-order chi connectivity index (χ0) is 20.2. The van der Waals surface area contributed by atoms with Crippen molar-refractivity contribution in [1.29, 1.82) is 0 Å². The lowest BCUT2D eigenvalue weighted by Crippen LogP contribution is -2.26. The van der Waals surface area contributed by atoms with E-state index in [9.17, 15) is 4.79 Å². The molecule has 2 heterocycles. The number of aromatic nitrogens is 3. The summed E-state index contributed by atoms with van der Waals surface area (Å²) in [4.78, 5) is 21.0. The van der Waals surface area contributed by atoms with Crippen LogP contribution in [0.25, 0.3) is 11.0 Å². The van der Waals surface area contributed by atoms with Gasteiger partial charge in [-0.3, -0.25) is 9.78 Å². The molecule has 0 aliphatic heterocycles. The summed E-state index contributed by atoms with van der Waals surface area (Å²) >= 11 is 12.8. The molecular formula is C22H18Cl2N4O. The van der Waals surface area contributed by atoms with Gasteiger partial charge in [0.1, 0.15) is 5.82 Å². The summed E-state index contributed by atoms with van der Waals surface area (Å²) in [5, 5.41) is 4.15. The average Bonchev–Trinajstić information content (AvgIpc) is 3.08. The number of imidazole rings is 1. The average molecular weight is 425 g/mol. The van der Waals surface area contributed by atoms with Crippen LogP contribution in [-0.4, -0.2) is 27.0 Å². The van der Waals surface area contributed by atoms with Gasteiger partial charge in [0.2, 0.25) is 0 Å². The highest BCUT2D eigenvalue weighted by molar-refractivity contribution is 6.36. The third kappa shape index (κ3) is 4.26. The van der Waals surface area contributed by atoms with Crippen molar-refractivity contribution in [3.05, 3.63) is 94.0 Å². The maximum absolute atomic E-state index is 12.3. The van der Waals surface area contributed by atoms with Gasteiger partial charge in [0, 0.05) is 41.0 Å². The monoisotopic (exact) mass is 424 g/mol. The molecule has 0 spiro atoms. The van der Waals surface area contributed by atoms with E-state index < -0.39 is 0 Å². The number of pyridine rings is 1. The molecule has 7 heteroatoms. The quantitative estimate of drug-likeness (QED) is 0.485. The molecule has 4 aromatic rings. The number of hydrogen-bond acceptors (Lipinski definition) is 3. The van der Waals surface area contributed by atoms with Crippen LogP contribution in [0.4, 0.5) is 0 Å². The molecule has 0 unspecified atom stereocenters. The third-order valence-corrected chi connectivity index (χ3v) is 5.38. The molecule has 0 aliphatic rings. The molecule has 0 atom stereocenters. The van der Waals surface area contributed by atoms with Gasteiger partial charge in [0.05, 0.1) is 23.1 Å². The smallest absolute Gasteiger partial charge is 0.252 e. The van der Waals surface area contributed by atoms with Gasteiger partial charge in [-0.25, -0.2) is 4.98 Å². The molecule has 29 heavy (non-hydrogen) atoms. The first-order valence-corrected chi connectivity index (χ1v) is 9.94. The van der Waals surface area contributed by atoms with Crippen LogP contribution >= 0.6 is 23.2 Å². The van der Waals surface area contributed by atoms with E-state index in [4.69, 9.17) is 28.2 Å². The lowest BCUT2D eigenvalue weighted by molar-refractivity contribution is 0.0953. The van der Waals surface area contributed by atoms with Gasteiger partial charge >= 0.3 is 0 Å². The van der Waals surface area contributed by atoms with Crippen molar-refractivity contribution >= 4 is 40.1 Å². The highest BCUT2D eigenvalue weighted by Crippen LogP contribution is 2.27. The van der Waals surface area contributed by atoms with Crippen molar-refractivity contribution in [2.24, 2.45) is 0 Å². The number of carbonyl (C=O) groups excluding carboxylic acids is 1. The molecule has 2 aromatic carbocycles. The standard InChI is InChI=1S/C22H18Cl2N4O/c23-17-6-3-7-18(24)16(17)14-28-20-9-2-1-8-19(20)27-21(28)10-12-26-22(29)15-5-4-11-25-13-15/h1-9,11,13H,10,12,14H2,(H,26,29). The van der Waals surface area contributed by atoms with Crippen LogP contribution in [-0.2, 0) is 13.0 Å². The van der Waals surface area contributed by atoms with Crippen LogP contribution < -0.4 is 5.32 Å². The fourth-order valence-electron chi connectivity index (χ4n) is 3.22. The largest absolute Gasteiger partial charge is 0.352 e. The van der Waals surface area contributed by atoms with E-state index in [-0.39, 0.29) is 5.91 Å². The Morgan fingerprint density at radius 3 is 2.55 bits per heavy atom. The fraction of sp³-hybridized carbons (Fsp3) is 0.136. The normalized spacial score (nSPS) is 11.0. The van der Waals surface area contributed by atoms with Crippen LogP contribution in [0.15, 0.2) is 67.0 Å². The fourth-order valence-corrected chi connectivity index (χ4v) is 3.74. The molecule has 1 N–H and O–H groups in total. The second kappa shape index (κ2) is 8.64. The maximum Gasteiger partial charge on any atom is 0.252 e. The summed E-state index contributed by atoms with van der Waals surface area (Å²) in [6, 6.07) is 16.9. The molecule has 5 nitrogen and oxygen atoms in total. The van der Waals surface area contributed by atoms with E-state index >= 15 is 0 Å². The van der Waals surface area contributed by atoms with Crippen molar-refractivity contribution in [2.45, 2.75) is 13.0 Å². The Balaban J connectivity index is 1.58. The minimum Gasteiger partial charge on any atom is -0.352 e. The first-order valence-electron chi connectivity index (χ1n) is 9.19. The van der Waals surface area contributed by atoms with E-state index in [2.05, 4.69) is 14.9 Å². The number of nitrogens with one attached hydrogen (secondary N) is 1. The van der Waals surface area contributed by atoms with E-state index in [1.807, 2.05) is 42.5 Å². The molecular weight excluding hydrogens is 407 g/mol.